The molecule has 1 aromatic heterocycles. The fraction of sp³-hybridized carbons (Fsp3) is 0.357. The van der Waals surface area contributed by atoms with Crippen molar-refractivity contribution in [1.82, 2.24) is 15.2 Å². The monoisotopic (exact) mass is 293 g/mol. The Morgan fingerprint density at radius 2 is 2.00 bits per heavy atom. The van der Waals surface area contributed by atoms with Crippen molar-refractivity contribution >= 4 is 11.6 Å². The Labute approximate surface area is 122 Å². The van der Waals surface area contributed by atoms with Crippen molar-refractivity contribution in [3.63, 3.8) is 0 Å². The summed E-state index contributed by atoms with van der Waals surface area (Å²) in [5.74, 6) is 0.703. The number of halogens is 1. The highest BCUT2D eigenvalue weighted by molar-refractivity contribution is 6.28. The molecule has 0 bridgehead atoms. The summed E-state index contributed by atoms with van der Waals surface area (Å²) in [4.78, 5) is 3.96. The first-order chi connectivity index (χ1) is 9.61. The van der Waals surface area contributed by atoms with Gasteiger partial charge in [-0.1, -0.05) is 6.07 Å². The molecule has 2 aromatic rings. The molecule has 1 aromatic carbocycles. The van der Waals surface area contributed by atoms with E-state index in [4.69, 9.17) is 21.1 Å². The van der Waals surface area contributed by atoms with E-state index in [1.54, 1.807) is 6.20 Å². The van der Waals surface area contributed by atoms with Crippen LogP contribution in [0, 0.1) is 13.8 Å². The van der Waals surface area contributed by atoms with Crippen LogP contribution in [0.2, 0.25) is 5.28 Å². The van der Waals surface area contributed by atoms with Crippen LogP contribution in [0.15, 0.2) is 18.3 Å². The number of benzene rings is 1. The Balaban J connectivity index is 2.41. The minimum atomic E-state index is 0.121. The fourth-order valence-corrected chi connectivity index (χ4v) is 2.02. The van der Waals surface area contributed by atoms with E-state index in [0.29, 0.717) is 18.1 Å². The summed E-state index contributed by atoms with van der Waals surface area (Å²) in [5.41, 5.74) is 3.62. The number of ether oxygens (including phenoxy) is 2. The number of hydrogen-bond donors (Lipinski definition) is 0. The van der Waals surface area contributed by atoms with Gasteiger partial charge in [-0.15, -0.1) is 10.2 Å². The van der Waals surface area contributed by atoms with Crippen molar-refractivity contribution in [2.24, 2.45) is 0 Å². The molecular weight excluding hydrogens is 278 g/mol. The average Bonchev–Trinajstić information content (AvgIpc) is 2.40. The third kappa shape index (κ3) is 3.43. The molecule has 0 radical (unpaired) electrons. The molecular formula is C14H16ClN3O2. The van der Waals surface area contributed by atoms with Crippen molar-refractivity contribution in [2.45, 2.75) is 20.8 Å². The lowest BCUT2D eigenvalue weighted by Crippen LogP contribution is -2.05. The Morgan fingerprint density at radius 1 is 1.20 bits per heavy atom. The molecule has 0 saturated heterocycles. The van der Waals surface area contributed by atoms with Crippen molar-refractivity contribution < 1.29 is 9.47 Å². The minimum Gasteiger partial charge on any atom is -0.467 e. The summed E-state index contributed by atoms with van der Waals surface area (Å²) >= 11 is 5.67. The summed E-state index contributed by atoms with van der Waals surface area (Å²) in [6.45, 7) is 6.71. The van der Waals surface area contributed by atoms with Gasteiger partial charge in [-0.25, -0.2) is 4.98 Å². The smallest absolute Gasteiger partial charge is 0.242 e. The lowest BCUT2D eigenvalue weighted by atomic mass is 10.0. The van der Waals surface area contributed by atoms with Gasteiger partial charge in [0, 0.05) is 12.2 Å². The van der Waals surface area contributed by atoms with Gasteiger partial charge in [0.05, 0.1) is 6.20 Å². The molecule has 6 heteroatoms. The van der Waals surface area contributed by atoms with Gasteiger partial charge in [0.15, 0.2) is 6.79 Å². The van der Waals surface area contributed by atoms with Gasteiger partial charge in [0.1, 0.15) is 11.4 Å². The maximum atomic E-state index is 5.67. The first kappa shape index (κ1) is 14.7. The standard InChI is InChI=1S/C14H16ClN3O2/c1-4-19-8-20-12-6-9(2)5-10(3)13(12)11-7-16-14(15)18-17-11/h5-7H,4,8H2,1-3H3. The van der Waals surface area contributed by atoms with Crippen LogP contribution in [-0.4, -0.2) is 28.6 Å². The van der Waals surface area contributed by atoms with E-state index in [9.17, 15) is 0 Å². The van der Waals surface area contributed by atoms with Crippen LogP contribution >= 0.6 is 11.6 Å². The normalized spacial score (nSPS) is 10.6. The van der Waals surface area contributed by atoms with Crippen LogP contribution in [0.25, 0.3) is 11.3 Å². The molecule has 106 valence electrons. The maximum Gasteiger partial charge on any atom is 0.242 e. The lowest BCUT2D eigenvalue weighted by Gasteiger charge is -2.14. The largest absolute Gasteiger partial charge is 0.467 e. The predicted octanol–water partition coefficient (Wildman–Crippen LogP) is 3.18. The third-order valence-corrected chi connectivity index (χ3v) is 2.91. The number of rotatable bonds is 5. The van der Waals surface area contributed by atoms with Crippen LogP contribution < -0.4 is 4.74 Å². The van der Waals surface area contributed by atoms with E-state index in [1.807, 2.05) is 26.8 Å². The van der Waals surface area contributed by atoms with Gasteiger partial charge in [0.25, 0.3) is 0 Å². The molecule has 0 atom stereocenters. The molecule has 0 N–H and O–H groups in total. The first-order valence-electron chi connectivity index (χ1n) is 6.29. The zero-order valence-electron chi connectivity index (χ0n) is 11.7. The van der Waals surface area contributed by atoms with Crippen molar-refractivity contribution in [1.29, 1.82) is 0 Å². The summed E-state index contributed by atoms with van der Waals surface area (Å²) in [5, 5.41) is 7.96. The predicted molar refractivity (Wildman–Crippen MR) is 76.9 cm³/mol. The van der Waals surface area contributed by atoms with E-state index in [0.717, 1.165) is 16.7 Å². The van der Waals surface area contributed by atoms with E-state index < -0.39 is 0 Å². The molecule has 0 aliphatic rings. The zero-order valence-corrected chi connectivity index (χ0v) is 12.4. The highest BCUT2D eigenvalue weighted by Gasteiger charge is 2.13. The molecule has 20 heavy (non-hydrogen) atoms. The second-order valence-corrected chi connectivity index (χ2v) is 4.66. The quantitative estimate of drug-likeness (QED) is 0.626. The molecule has 0 fully saturated rings. The zero-order chi connectivity index (χ0) is 14.5. The number of aryl methyl sites for hydroxylation is 2. The van der Waals surface area contributed by atoms with Crippen molar-refractivity contribution in [2.75, 3.05) is 13.4 Å². The highest BCUT2D eigenvalue weighted by atomic mass is 35.5. The van der Waals surface area contributed by atoms with Gasteiger partial charge >= 0.3 is 0 Å². The van der Waals surface area contributed by atoms with Crippen LogP contribution in [0.1, 0.15) is 18.1 Å². The Hall–Kier alpha value is -1.72. The van der Waals surface area contributed by atoms with Crippen molar-refractivity contribution in [3.8, 4) is 17.0 Å². The number of nitrogens with zero attached hydrogens (tertiary/aromatic N) is 3. The summed E-state index contributed by atoms with van der Waals surface area (Å²) in [7, 11) is 0. The van der Waals surface area contributed by atoms with Gasteiger partial charge in [0.2, 0.25) is 5.28 Å². The van der Waals surface area contributed by atoms with Gasteiger partial charge in [-0.05, 0) is 49.6 Å². The molecule has 0 aliphatic carbocycles. The second kappa shape index (κ2) is 6.63. The van der Waals surface area contributed by atoms with E-state index in [-0.39, 0.29) is 12.1 Å². The van der Waals surface area contributed by atoms with Crippen LogP contribution in [0.4, 0.5) is 0 Å². The van der Waals surface area contributed by atoms with Gasteiger partial charge in [-0.2, -0.15) is 0 Å². The molecule has 2 rings (SSSR count). The summed E-state index contributed by atoms with van der Waals surface area (Å²) in [6, 6.07) is 4.00. The number of aromatic nitrogens is 3. The Bertz CT molecular complexity index is 588. The molecule has 0 saturated carbocycles. The second-order valence-electron chi connectivity index (χ2n) is 4.32. The fourth-order valence-electron chi connectivity index (χ4n) is 1.93. The van der Waals surface area contributed by atoms with E-state index >= 15 is 0 Å². The van der Waals surface area contributed by atoms with Crippen LogP contribution in [0.5, 0.6) is 5.75 Å². The van der Waals surface area contributed by atoms with Gasteiger partial charge in [-0.3, -0.25) is 0 Å². The maximum absolute atomic E-state index is 5.67. The Morgan fingerprint density at radius 3 is 2.65 bits per heavy atom. The topological polar surface area (TPSA) is 57.1 Å². The van der Waals surface area contributed by atoms with Crippen LogP contribution in [-0.2, 0) is 4.74 Å². The van der Waals surface area contributed by atoms with E-state index in [1.165, 1.54) is 0 Å². The van der Waals surface area contributed by atoms with Crippen molar-refractivity contribution in [3.05, 3.63) is 34.7 Å². The number of hydrogen-bond acceptors (Lipinski definition) is 5. The molecule has 0 spiro atoms. The molecule has 1 heterocycles. The minimum absolute atomic E-state index is 0.121. The average molecular weight is 294 g/mol. The molecule has 0 amide bonds. The summed E-state index contributed by atoms with van der Waals surface area (Å²) < 4.78 is 10.9. The lowest BCUT2D eigenvalue weighted by molar-refractivity contribution is 0.0227. The SMILES string of the molecule is CCOCOc1cc(C)cc(C)c1-c1cnc(Cl)nn1. The third-order valence-electron chi connectivity index (χ3n) is 2.74. The summed E-state index contributed by atoms with van der Waals surface area (Å²) in [6.07, 6.45) is 1.58. The molecule has 0 aliphatic heterocycles. The van der Waals surface area contributed by atoms with E-state index in [2.05, 4.69) is 21.2 Å². The van der Waals surface area contributed by atoms with Gasteiger partial charge < -0.3 is 9.47 Å². The van der Waals surface area contributed by atoms with Crippen LogP contribution in [0.3, 0.4) is 0 Å². The Kier molecular flexibility index (Phi) is 4.87. The molecule has 0 unspecified atom stereocenters. The molecule has 5 nitrogen and oxygen atoms in total. The highest BCUT2D eigenvalue weighted by Crippen LogP contribution is 2.32. The first-order valence-corrected chi connectivity index (χ1v) is 6.67.